The van der Waals surface area contributed by atoms with Crippen molar-refractivity contribution in [3.8, 4) is 0 Å². The van der Waals surface area contributed by atoms with E-state index in [2.05, 4.69) is 34.1 Å². The second-order valence-corrected chi connectivity index (χ2v) is 7.11. The lowest BCUT2D eigenvalue weighted by Gasteiger charge is -2.36. The zero-order chi connectivity index (χ0) is 16.8. The highest BCUT2D eigenvalue weighted by atomic mass is 35.5. The van der Waals surface area contributed by atoms with Crippen LogP contribution in [0.4, 0.5) is 5.69 Å². The van der Waals surface area contributed by atoms with Crippen LogP contribution >= 0.6 is 24.2 Å². The molecule has 0 saturated carbocycles. The number of hydrogen-bond donors (Lipinski definition) is 2. The Morgan fingerprint density at radius 1 is 1.32 bits per heavy atom. The van der Waals surface area contributed by atoms with Crippen molar-refractivity contribution in [2.75, 3.05) is 30.4 Å². The number of carbonyl (C=O) groups is 1. The van der Waals surface area contributed by atoms with Crippen LogP contribution in [0.25, 0.3) is 0 Å². The first-order valence-electron chi connectivity index (χ1n) is 8.35. The maximum absolute atomic E-state index is 13.0. The van der Waals surface area contributed by atoms with Crippen LogP contribution in [0.2, 0.25) is 0 Å². The molecule has 1 aromatic carbocycles. The number of benzene rings is 1. The molecule has 0 radical (unpaired) electrons. The number of halogens is 1. The van der Waals surface area contributed by atoms with Gasteiger partial charge in [0, 0.05) is 18.1 Å². The molecule has 1 aliphatic rings. The van der Waals surface area contributed by atoms with Crippen LogP contribution in [-0.2, 0) is 16.8 Å². The van der Waals surface area contributed by atoms with Gasteiger partial charge >= 0.3 is 0 Å². The first-order valence-corrected chi connectivity index (χ1v) is 9.74. The highest BCUT2D eigenvalue weighted by molar-refractivity contribution is 7.98. The quantitative estimate of drug-likeness (QED) is 0.808. The predicted octanol–water partition coefficient (Wildman–Crippen LogP) is 2.93. The van der Waals surface area contributed by atoms with Crippen LogP contribution in [0.5, 0.6) is 0 Å². The molecule has 0 unspecified atom stereocenters. The Morgan fingerprint density at radius 3 is 2.64 bits per heavy atom. The molecule has 2 N–H and O–H groups in total. The van der Waals surface area contributed by atoms with Gasteiger partial charge in [-0.3, -0.25) is 9.48 Å². The number of anilines is 1. The predicted molar refractivity (Wildman–Crippen MR) is 107 cm³/mol. The molecule has 136 valence electrons. The molecule has 25 heavy (non-hydrogen) atoms. The monoisotopic (exact) mass is 380 g/mol. The van der Waals surface area contributed by atoms with Gasteiger partial charge in [0.05, 0.1) is 0 Å². The molecular formula is C18H25ClN4OS. The SMILES string of the molecule is CSCCc1ccc(NC(=O)C2(n3cccn3)CCNCC2)cc1.Cl. The largest absolute Gasteiger partial charge is 0.324 e. The van der Waals surface area contributed by atoms with E-state index in [-0.39, 0.29) is 18.3 Å². The number of thioether (sulfide) groups is 1. The van der Waals surface area contributed by atoms with Crippen molar-refractivity contribution in [3.05, 3.63) is 48.3 Å². The minimum absolute atomic E-state index is 0. The lowest BCUT2D eigenvalue weighted by atomic mass is 9.87. The van der Waals surface area contributed by atoms with E-state index < -0.39 is 5.54 Å². The van der Waals surface area contributed by atoms with E-state index in [0.717, 1.165) is 43.8 Å². The molecular weight excluding hydrogens is 356 g/mol. The molecule has 0 atom stereocenters. The van der Waals surface area contributed by atoms with Gasteiger partial charge in [-0.05, 0) is 68.1 Å². The molecule has 1 aliphatic heterocycles. The summed E-state index contributed by atoms with van der Waals surface area (Å²) in [4.78, 5) is 13.0. The van der Waals surface area contributed by atoms with Crippen LogP contribution in [0.15, 0.2) is 42.7 Å². The van der Waals surface area contributed by atoms with Gasteiger partial charge in [-0.15, -0.1) is 12.4 Å². The first-order chi connectivity index (χ1) is 11.7. The maximum atomic E-state index is 13.0. The average Bonchev–Trinajstić information content (AvgIpc) is 3.17. The summed E-state index contributed by atoms with van der Waals surface area (Å²) in [5, 5.41) is 10.8. The first kappa shape index (κ1) is 19.8. The Morgan fingerprint density at radius 2 is 2.04 bits per heavy atom. The van der Waals surface area contributed by atoms with E-state index in [9.17, 15) is 4.79 Å². The average molecular weight is 381 g/mol. The highest BCUT2D eigenvalue weighted by Crippen LogP contribution is 2.28. The number of aromatic nitrogens is 2. The maximum Gasteiger partial charge on any atom is 0.252 e. The van der Waals surface area contributed by atoms with E-state index in [4.69, 9.17) is 0 Å². The minimum atomic E-state index is -0.605. The van der Waals surface area contributed by atoms with Gasteiger partial charge in [-0.1, -0.05) is 12.1 Å². The van der Waals surface area contributed by atoms with Crippen LogP contribution in [0.3, 0.4) is 0 Å². The molecule has 1 aromatic heterocycles. The van der Waals surface area contributed by atoms with Gasteiger partial charge in [0.1, 0.15) is 5.54 Å². The van der Waals surface area contributed by atoms with Gasteiger partial charge in [-0.2, -0.15) is 16.9 Å². The normalized spacial score (nSPS) is 16.0. The summed E-state index contributed by atoms with van der Waals surface area (Å²) in [5.74, 6) is 1.13. The molecule has 2 aromatic rings. The summed E-state index contributed by atoms with van der Waals surface area (Å²) < 4.78 is 1.82. The smallest absolute Gasteiger partial charge is 0.252 e. The van der Waals surface area contributed by atoms with Crippen molar-refractivity contribution in [1.29, 1.82) is 0 Å². The number of aryl methyl sites for hydroxylation is 1. The van der Waals surface area contributed by atoms with Crippen molar-refractivity contribution >= 4 is 35.8 Å². The van der Waals surface area contributed by atoms with E-state index in [0.29, 0.717) is 0 Å². The van der Waals surface area contributed by atoms with Crippen LogP contribution < -0.4 is 10.6 Å². The molecule has 3 rings (SSSR count). The van der Waals surface area contributed by atoms with Crippen molar-refractivity contribution < 1.29 is 4.79 Å². The third-order valence-corrected chi connectivity index (χ3v) is 5.22. The number of amides is 1. The van der Waals surface area contributed by atoms with Gasteiger partial charge in [0.15, 0.2) is 0 Å². The number of rotatable bonds is 6. The van der Waals surface area contributed by atoms with E-state index in [1.807, 2.05) is 40.8 Å². The molecule has 1 fully saturated rings. The van der Waals surface area contributed by atoms with E-state index in [1.165, 1.54) is 5.56 Å². The number of carbonyl (C=O) groups excluding carboxylic acids is 1. The molecule has 0 spiro atoms. The second kappa shape index (κ2) is 9.27. The van der Waals surface area contributed by atoms with Gasteiger partial charge in [-0.25, -0.2) is 0 Å². The fourth-order valence-electron chi connectivity index (χ4n) is 3.14. The Kier molecular flexibility index (Phi) is 7.35. The molecule has 1 saturated heterocycles. The minimum Gasteiger partial charge on any atom is -0.324 e. The third-order valence-electron chi connectivity index (χ3n) is 4.60. The Hall–Kier alpha value is -1.50. The van der Waals surface area contributed by atoms with Crippen molar-refractivity contribution in [3.63, 3.8) is 0 Å². The topological polar surface area (TPSA) is 59.0 Å². The summed E-state index contributed by atoms with van der Waals surface area (Å²) in [5.41, 5.74) is 1.54. The van der Waals surface area contributed by atoms with Gasteiger partial charge < -0.3 is 10.6 Å². The summed E-state index contributed by atoms with van der Waals surface area (Å²) in [7, 11) is 0. The number of nitrogens with one attached hydrogen (secondary N) is 2. The van der Waals surface area contributed by atoms with Gasteiger partial charge in [0.25, 0.3) is 5.91 Å². The zero-order valence-corrected chi connectivity index (χ0v) is 16.0. The lowest BCUT2D eigenvalue weighted by molar-refractivity contribution is -0.126. The summed E-state index contributed by atoms with van der Waals surface area (Å²) in [6.45, 7) is 1.64. The Bertz CT molecular complexity index is 654. The summed E-state index contributed by atoms with van der Waals surface area (Å²) >= 11 is 1.84. The van der Waals surface area contributed by atoms with E-state index >= 15 is 0 Å². The molecule has 1 amide bonds. The van der Waals surface area contributed by atoms with Crippen LogP contribution in [0, 0.1) is 0 Å². The Labute approximate surface area is 159 Å². The molecule has 5 nitrogen and oxygen atoms in total. The molecule has 0 bridgehead atoms. The van der Waals surface area contributed by atoms with Crippen LogP contribution in [-0.4, -0.2) is 40.8 Å². The molecule has 7 heteroatoms. The summed E-state index contributed by atoms with van der Waals surface area (Å²) in [6.07, 6.45) is 8.27. The zero-order valence-electron chi connectivity index (χ0n) is 14.4. The van der Waals surface area contributed by atoms with Crippen molar-refractivity contribution in [2.45, 2.75) is 24.8 Å². The number of piperidine rings is 1. The third kappa shape index (κ3) is 4.57. The van der Waals surface area contributed by atoms with E-state index in [1.54, 1.807) is 6.20 Å². The van der Waals surface area contributed by atoms with Gasteiger partial charge in [0.2, 0.25) is 0 Å². The van der Waals surface area contributed by atoms with Crippen LogP contribution in [0.1, 0.15) is 18.4 Å². The fraction of sp³-hybridized carbons (Fsp3) is 0.444. The van der Waals surface area contributed by atoms with Crippen molar-refractivity contribution in [2.24, 2.45) is 0 Å². The highest BCUT2D eigenvalue weighted by Gasteiger charge is 2.41. The Balaban J connectivity index is 0.00000225. The second-order valence-electron chi connectivity index (χ2n) is 6.13. The lowest BCUT2D eigenvalue weighted by Crippen LogP contribution is -2.52. The van der Waals surface area contributed by atoms with Crippen molar-refractivity contribution in [1.82, 2.24) is 15.1 Å². The molecule has 0 aliphatic carbocycles. The number of nitrogens with zero attached hydrogens (tertiary/aromatic N) is 2. The molecule has 2 heterocycles. The summed E-state index contributed by atoms with van der Waals surface area (Å²) in [6, 6.07) is 10.0. The fourth-order valence-corrected chi connectivity index (χ4v) is 3.58. The standard InChI is InChI=1S/C18H24N4OS.ClH/c1-24-14-7-15-3-5-16(6-4-15)21-17(23)18(8-11-19-12-9-18)22-13-2-10-20-22;/h2-6,10,13,19H,7-9,11-12,14H2,1H3,(H,21,23);1H. The number of hydrogen-bond acceptors (Lipinski definition) is 4.